The predicted molar refractivity (Wildman–Crippen MR) is 108 cm³/mol. The fraction of sp³-hybridized carbons (Fsp3) is 0.333. The summed E-state index contributed by atoms with van der Waals surface area (Å²) in [6.45, 7) is 5.08. The zero-order chi connectivity index (χ0) is 20.7. The number of carbonyl (C=O) groups excluding carboxylic acids is 1. The average Bonchev–Trinajstić information content (AvgIpc) is 3.42. The number of hydrogen-bond acceptors (Lipinski definition) is 7. The fourth-order valence-electron chi connectivity index (χ4n) is 3.97. The molecule has 4 aromatic heterocycles. The third-order valence-electron chi connectivity index (χ3n) is 5.43. The molecular formula is C21H21N7O2. The van der Waals surface area contributed by atoms with Crippen LogP contribution in [-0.2, 0) is 0 Å². The summed E-state index contributed by atoms with van der Waals surface area (Å²) < 4.78 is 7.23. The van der Waals surface area contributed by atoms with Crippen LogP contribution in [0.2, 0.25) is 0 Å². The number of likely N-dealkylation sites (tertiary alicyclic amines) is 1. The van der Waals surface area contributed by atoms with E-state index in [0.717, 1.165) is 29.8 Å². The maximum atomic E-state index is 13.3. The number of pyridine rings is 1. The molecule has 0 radical (unpaired) electrons. The smallest absolute Gasteiger partial charge is 0.259 e. The Kier molecular flexibility index (Phi) is 4.50. The molecular weight excluding hydrogens is 382 g/mol. The van der Waals surface area contributed by atoms with Gasteiger partial charge in [0, 0.05) is 42.4 Å². The van der Waals surface area contributed by atoms with Gasteiger partial charge in [-0.2, -0.15) is 10.1 Å². The Morgan fingerprint density at radius 2 is 2.13 bits per heavy atom. The van der Waals surface area contributed by atoms with Gasteiger partial charge >= 0.3 is 0 Å². The molecule has 5 rings (SSSR count). The second kappa shape index (κ2) is 7.33. The summed E-state index contributed by atoms with van der Waals surface area (Å²) in [5, 5.41) is 8.44. The number of hydrogen-bond donors (Lipinski definition) is 0. The summed E-state index contributed by atoms with van der Waals surface area (Å²) >= 11 is 0. The molecule has 1 aliphatic rings. The Labute approximate surface area is 172 Å². The van der Waals surface area contributed by atoms with E-state index in [1.807, 2.05) is 36.9 Å². The van der Waals surface area contributed by atoms with Gasteiger partial charge in [0.2, 0.25) is 11.7 Å². The third kappa shape index (κ3) is 3.22. The van der Waals surface area contributed by atoms with Crippen LogP contribution in [0.25, 0.3) is 17.0 Å². The lowest BCUT2D eigenvalue weighted by molar-refractivity contribution is 0.0697. The van der Waals surface area contributed by atoms with Crippen molar-refractivity contribution in [3.63, 3.8) is 0 Å². The van der Waals surface area contributed by atoms with Crippen LogP contribution < -0.4 is 0 Å². The van der Waals surface area contributed by atoms with E-state index in [0.29, 0.717) is 36.0 Å². The molecule has 5 heterocycles. The summed E-state index contributed by atoms with van der Waals surface area (Å²) in [6.07, 6.45) is 6.77. The number of rotatable bonds is 3. The van der Waals surface area contributed by atoms with Crippen molar-refractivity contribution in [2.24, 2.45) is 0 Å². The SMILES string of the molecule is Cc1cc(C)n2ncc(C(=O)N3CCC[C@H](c4nc(-c5cccnc5)no4)C3)c2n1. The molecule has 0 spiro atoms. The van der Waals surface area contributed by atoms with Crippen molar-refractivity contribution in [1.29, 1.82) is 0 Å². The number of carbonyl (C=O) groups is 1. The first kappa shape index (κ1) is 18.4. The van der Waals surface area contributed by atoms with Gasteiger partial charge in [-0.05, 0) is 44.9 Å². The molecule has 4 aromatic rings. The molecule has 30 heavy (non-hydrogen) atoms. The number of fused-ring (bicyclic) bond motifs is 1. The molecule has 1 saturated heterocycles. The molecule has 1 amide bonds. The summed E-state index contributed by atoms with van der Waals surface area (Å²) in [5.41, 5.74) is 3.72. The van der Waals surface area contributed by atoms with Crippen LogP contribution >= 0.6 is 0 Å². The Bertz CT molecular complexity index is 1210. The van der Waals surface area contributed by atoms with Crippen LogP contribution in [0.4, 0.5) is 0 Å². The molecule has 0 N–H and O–H groups in total. The lowest BCUT2D eigenvalue weighted by Gasteiger charge is -2.30. The van der Waals surface area contributed by atoms with E-state index in [9.17, 15) is 4.79 Å². The van der Waals surface area contributed by atoms with E-state index in [1.54, 1.807) is 23.1 Å². The highest BCUT2D eigenvalue weighted by Crippen LogP contribution is 2.28. The van der Waals surface area contributed by atoms with E-state index in [2.05, 4.69) is 25.2 Å². The number of aryl methyl sites for hydroxylation is 2. The quantitative estimate of drug-likeness (QED) is 0.518. The molecule has 0 aromatic carbocycles. The van der Waals surface area contributed by atoms with Crippen molar-refractivity contribution < 1.29 is 9.32 Å². The van der Waals surface area contributed by atoms with Crippen molar-refractivity contribution in [1.82, 2.24) is 34.6 Å². The standard InChI is InChI=1S/C21H21N7O2/c1-13-9-14(2)28-19(24-13)17(11-23-28)21(29)27-8-4-6-16(12-27)20-25-18(26-30-20)15-5-3-7-22-10-15/h3,5,7,9-11,16H,4,6,8,12H2,1-2H3/t16-/m0/s1. The number of aromatic nitrogens is 6. The molecule has 0 saturated carbocycles. The van der Waals surface area contributed by atoms with Gasteiger partial charge in [-0.3, -0.25) is 9.78 Å². The minimum Gasteiger partial charge on any atom is -0.339 e. The van der Waals surface area contributed by atoms with Crippen LogP contribution in [0, 0.1) is 13.8 Å². The molecule has 1 aliphatic heterocycles. The van der Waals surface area contributed by atoms with E-state index < -0.39 is 0 Å². The van der Waals surface area contributed by atoms with Crippen molar-refractivity contribution in [2.75, 3.05) is 13.1 Å². The Balaban J connectivity index is 1.38. The zero-order valence-electron chi connectivity index (χ0n) is 16.8. The summed E-state index contributed by atoms with van der Waals surface area (Å²) in [4.78, 5) is 28.3. The average molecular weight is 403 g/mol. The molecule has 152 valence electrons. The molecule has 0 unspecified atom stereocenters. The van der Waals surface area contributed by atoms with Crippen molar-refractivity contribution >= 4 is 11.6 Å². The maximum absolute atomic E-state index is 13.3. The van der Waals surface area contributed by atoms with E-state index >= 15 is 0 Å². The fourth-order valence-corrected chi connectivity index (χ4v) is 3.97. The van der Waals surface area contributed by atoms with Crippen LogP contribution in [0.5, 0.6) is 0 Å². The summed E-state index contributed by atoms with van der Waals surface area (Å²) in [6, 6.07) is 5.67. The highest BCUT2D eigenvalue weighted by Gasteiger charge is 2.30. The lowest BCUT2D eigenvalue weighted by Crippen LogP contribution is -2.39. The van der Waals surface area contributed by atoms with Gasteiger partial charge in [-0.15, -0.1) is 0 Å². The van der Waals surface area contributed by atoms with E-state index in [-0.39, 0.29) is 11.8 Å². The van der Waals surface area contributed by atoms with Crippen molar-refractivity contribution in [3.05, 3.63) is 59.6 Å². The summed E-state index contributed by atoms with van der Waals surface area (Å²) in [7, 11) is 0. The van der Waals surface area contributed by atoms with Gasteiger partial charge in [0.25, 0.3) is 5.91 Å². The molecule has 0 bridgehead atoms. The van der Waals surface area contributed by atoms with E-state index in [4.69, 9.17) is 4.52 Å². The van der Waals surface area contributed by atoms with E-state index in [1.165, 1.54) is 0 Å². The second-order valence-corrected chi connectivity index (χ2v) is 7.62. The van der Waals surface area contributed by atoms with Crippen LogP contribution in [0.1, 0.15) is 46.4 Å². The van der Waals surface area contributed by atoms with Gasteiger partial charge in [0.1, 0.15) is 5.56 Å². The first-order valence-electron chi connectivity index (χ1n) is 9.95. The Morgan fingerprint density at radius 3 is 2.97 bits per heavy atom. The lowest BCUT2D eigenvalue weighted by atomic mass is 9.97. The second-order valence-electron chi connectivity index (χ2n) is 7.62. The van der Waals surface area contributed by atoms with Gasteiger partial charge in [0.05, 0.1) is 12.1 Å². The van der Waals surface area contributed by atoms with Gasteiger partial charge < -0.3 is 9.42 Å². The van der Waals surface area contributed by atoms with Gasteiger partial charge in [-0.1, -0.05) is 5.16 Å². The topological polar surface area (TPSA) is 102 Å². The van der Waals surface area contributed by atoms with Crippen LogP contribution in [-0.4, -0.2) is 53.6 Å². The minimum absolute atomic E-state index is 0.00103. The highest BCUT2D eigenvalue weighted by atomic mass is 16.5. The van der Waals surface area contributed by atoms with Crippen LogP contribution in [0.15, 0.2) is 41.3 Å². The highest BCUT2D eigenvalue weighted by molar-refractivity contribution is 5.99. The van der Waals surface area contributed by atoms with Crippen molar-refractivity contribution in [3.8, 4) is 11.4 Å². The number of amides is 1. The minimum atomic E-state index is -0.0702. The molecule has 0 aliphatic carbocycles. The predicted octanol–water partition coefficient (Wildman–Crippen LogP) is 2.81. The summed E-state index contributed by atoms with van der Waals surface area (Å²) in [5.74, 6) is 0.994. The first-order valence-corrected chi connectivity index (χ1v) is 9.95. The normalized spacial score (nSPS) is 16.9. The maximum Gasteiger partial charge on any atom is 0.259 e. The largest absolute Gasteiger partial charge is 0.339 e. The molecule has 1 fully saturated rings. The zero-order valence-corrected chi connectivity index (χ0v) is 16.8. The number of nitrogens with zero attached hydrogens (tertiary/aromatic N) is 7. The molecule has 9 heteroatoms. The van der Waals surface area contributed by atoms with Crippen LogP contribution in [0.3, 0.4) is 0 Å². The first-order chi connectivity index (χ1) is 14.6. The van der Waals surface area contributed by atoms with Gasteiger partial charge in [0.15, 0.2) is 5.65 Å². The Morgan fingerprint density at radius 1 is 1.23 bits per heavy atom. The Hall–Kier alpha value is -3.62. The van der Waals surface area contributed by atoms with Gasteiger partial charge in [-0.25, -0.2) is 9.50 Å². The number of piperidine rings is 1. The monoisotopic (exact) mass is 403 g/mol. The molecule has 1 atom stereocenters. The third-order valence-corrected chi connectivity index (χ3v) is 5.43. The molecule has 9 nitrogen and oxygen atoms in total. The van der Waals surface area contributed by atoms with Crippen molar-refractivity contribution in [2.45, 2.75) is 32.6 Å².